The Morgan fingerprint density at radius 2 is 1.06 bits per heavy atom. The van der Waals surface area contributed by atoms with Gasteiger partial charge in [0.15, 0.2) is 0 Å². The van der Waals surface area contributed by atoms with Crippen LogP contribution in [-0.2, 0) is 19.1 Å². The first kappa shape index (κ1) is 54.8. The maximum Gasteiger partial charge on any atom is 0.320 e. The molecule has 6 aliphatic rings. The summed E-state index contributed by atoms with van der Waals surface area (Å²) < 4.78 is 22.6. The molecule has 4 aliphatic heterocycles. The molecule has 2 unspecified atom stereocenters. The van der Waals surface area contributed by atoms with Crippen LogP contribution in [0.15, 0.2) is 78.9 Å². The minimum absolute atomic E-state index is 0.0628. The van der Waals surface area contributed by atoms with Gasteiger partial charge < -0.3 is 43.4 Å². The van der Waals surface area contributed by atoms with Gasteiger partial charge in [-0.05, 0) is 175 Å². The Hall–Kier alpha value is -6.78. The van der Waals surface area contributed by atoms with E-state index < -0.39 is 0 Å². The first-order valence-electron chi connectivity index (χ1n) is 30.2. The van der Waals surface area contributed by atoms with Crippen molar-refractivity contribution in [3.8, 4) is 11.5 Å². The van der Waals surface area contributed by atoms with Crippen LogP contribution in [0.3, 0.4) is 0 Å². The van der Waals surface area contributed by atoms with E-state index in [-0.39, 0.29) is 37.0 Å². The molecule has 16 heteroatoms. The van der Waals surface area contributed by atoms with Gasteiger partial charge in [-0.3, -0.25) is 14.5 Å². The van der Waals surface area contributed by atoms with Crippen molar-refractivity contribution in [1.29, 1.82) is 0 Å². The van der Waals surface area contributed by atoms with Gasteiger partial charge in [0.05, 0.1) is 51.6 Å². The van der Waals surface area contributed by atoms with Crippen molar-refractivity contribution in [2.45, 2.75) is 120 Å². The smallest absolute Gasteiger partial charge is 0.320 e. The summed E-state index contributed by atoms with van der Waals surface area (Å²) >= 11 is 0. The molecule has 6 fully saturated rings. The molecule has 428 valence electrons. The summed E-state index contributed by atoms with van der Waals surface area (Å²) in [6.07, 6.45) is 10.1. The number of rotatable bonds is 19. The Kier molecular flexibility index (Phi) is 16.2. The highest BCUT2D eigenvalue weighted by molar-refractivity contribution is 5.93. The summed E-state index contributed by atoms with van der Waals surface area (Å²) in [5, 5.41) is 2.24. The van der Waals surface area contributed by atoms with Crippen molar-refractivity contribution in [2.75, 3.05) is 127 Å². The quantitative estimate of drug-likeness (QED) is 0.0710. The second-order valence-corrected chi connectivity index (χ2v) is 23.8. The zero-order valence-electron chi connectivity index (χ0n) is 48.5. The molecule has 2 saturated carbocycles. The van der Waals surface area contributed by atoms with Crippen LogP contribution in [0.4, 0.5) is 23.0 Å². The fourth-order valence-corrected chi connectivity index (χ4v) is 13.7. The lowest BCUT2D eigenvalue weighted by molar-refractivity contribution is -0.149. The van der Waals surface area contributed by atoms with E-state index in [9.17, 15) is 9.59 Å². The van der Waals surface area contributed by atoms with Crippen LogP contribution in [0.1, 0.15) is 136 Å². The van der Waals surface area contributed by atoms with Gasteiger partial charge in [-0.15, -0.1) is 0 Å². The normalized spacial score (nSPS) is 21.2. The summed E-state index contributed by atoms with van der Waals surface area (Å²) in [6.45, 7) is 11.7. The predicted octanol–water partition coefficient (Wildman–Crippen LogP) is 10.0. The number of benzene rings is 4. The molecule has 2 aliphatic carbocycles. The van der Waals surface area contributed by atoms with E-state index in [4.69, 9.17) is 38.9 Å². The lowest BCUT2D eigenvalue weighted by Gasteiger charge is -2.39. The molecule has 0 radical (unpaired) electrons. The highest BCUT2D eigenvalue weighted by atomic mass is 16.5. The third kappa shape index (κ3) is 11.8. The third-order valence-corrected chi connectivity index (χ3v) is 18.6. The average Bonchev–Trinajstić information content (AvgIpc) is 4.65. The van der Waals surface area contributed by atoms with Crippen molar-refractivity contribution in [3.63, 3.8) is 0 Å². The number of nitrogens with zero attached hydrogens (tertiary/aromatic N) is 10. The number of carbonyl (C=O) groups is 2. The number of ether oxygens (including phenoxy) is 4. The lowest BCUT2D eigenvalue weighted by atomic mass is 9.87. The van der Waals surface area contributed by atoms with Crippen LogP contribution in [0, 0.1) is 0 Å². The van der Waals surface area contributed by atoms with Crippen LogP contribution in [0.2, 0.25) is 0 Å². The Morgan fingerprint density at radius 1 is 0.531 bits per heavy atom. The largest absolute Gasteiger partial charge is 0.496 e. The second-order valence-electron chi connectivity index (χ2n) is 23.8. The second kappa shape index (κ2) is 24.0. The highest BCUT2D eigenvalue weighted by Gasteiger charge is 2.43. The van der Waals surface area contributed by atoms with Gasteiger partial charge in [-0.1, -0.05) is 30.3 Å². The van der Waals surface area contributed by atoms with E-state index in [1.54, 1.807) is 21.0 Å². The molecule has 3 atom stereocenters. The Balaban J connectivity index is 0.738. The van der Waals surface area contributed by atoms with Crippen LogP contribution in [0.5, 0.6) is 11.5 Å². The Morgan fingerprint density at radius 3 is 1.63 bits per heavy atom. The number of esters is 2. The monoisotopic (exact) mass is 1100 g/mol. The Labute approximate surface area is 478 Å². The molecule has 4 aromatic carbocycles. The molecule has 2 aromatic heterocycles. The molecule has 0 spiro atoms. The number of fused-ring (bicyclic) bond motifs is 2. The molecule has 12 rings (SSSR count). The Bertz CT molecular complexity index is 3200. The fourth-order valence-electron chi connectivity index (χ4n) is 13.7. The zero-order valence-corrected chi connectivity index (χ0v) is 48.5. The minimum atomic E-state index is -0.318. The number of hydrogen-bond donors (Lipinski definition) is 0. The van der Waals surface area contributed by atoms with Crippen molar-refractivity contribution < 1.29 is 28.5 Å². The lowest BCUT2D eigenvalue weighted by Crippen LogP contribution is -2.49. The van der Waals surface area contributed by atoms with Crippen molar-refractivity contribution in [1.82, 2.24) is 29.7 Å². The van der Waals surface area contributed by atoms with E-state index in [0.29, 0.717) is 42.9 Å². The number of piperidine rings is 3. The minimum Gasteiger partial charge on any atom is -0.496 e. The zero-order chi connectivity index (χ0) is 55.7. The van der Waals surface area contributed by atoms with Gasteiger partial charge in [0.25, 0.3) is 0 Å². The molecular weight excluding hydrogens is 1020 g/mol. The number of carbonyl (C=O) groups excluding carboxylic acids is 2. The van der Waals surface area contributed by atoms with Gasteiger partial charge in [0, 0.05) is 98.4 Å². The summed E-state index contributed by atoms with van der Waals surface area (Å²) in [5.41, 5.74) is 8.31. The van der Waals surface area contributed by atoms with E-state index in [2.05, 4.69) is 117 Å². The first-order chi connectivity index (χ1) is 39.6. The maximum atomic E-state index is 12.6. The van der Waals surface area contributed by atoms with Gasteiger partial charge >= 0.3 is 11.9 Å². The van der Waals surface area contributed by atoms with Gasteiger partial charge in [-0.2, -0.15) is 0 Å². The van der Waals surface area contributed by atoms with E-state index >= 15 is 0 Å². The van der Waals surface area contributed by atoms with Crippen LogP contribution >= 0.6 is 0 Å². The van der Waals surface area contributed by atoms with Gasteiger partial charge in [0.1, 0.15) is 34.8 Å². The van der Waals surface area contributed by atoms with Gasteiger partial charge in [0.2, 0.25) is 0 Å². The van der Waals surface area contributed by atoms with Crippen molar-refractivity contribution in [2.24, 2.45) is 0 Å². The number of hydrogen-bond acceptors (Lipinski definition) is 16. The van der Waals surface area contributed by atoms with E-state index in [1.807, 2.05) is 12.0 Å². The summed E-state index contributed by atoms with van der Waals surface area (Å²) in [5.74, 6) is 7.15. The van der Waals surface area contributed by atoms with Crippen molar-refractivity contribution in [3.05, 3.63) is 107 Å². The molecule has 16 nitrogen and oxygen atoms in total. The molecular formula is C65H82N10O6. The number of methoxy groups -OCH3 is 2. The molecule has 6 heterocycles. The number of anilines is 4. The highest BCUT2D eigenvalue weighted by Crippen LogP contribution is 2.55. The van der Waals surface area contributed by atoms with Crippen LogP contribution < -0.4 is 29.1 Å². The standard InChI is InChI=1S/C65H82N10O6/c1-7-80-60(76)40-75(41-61(77)81-8-2)46-25-32-71(33-26-46)47-16-19-56-54(36-47)64(68-62(66-56)44-13-14-44)72-30-23-43(24-31-72)51-18-15-45(35-59(51)79-6)52-38-53(52)63-67-57-20-17-48(74-34-27-49(39-74)70(3)4)37-55(57)65(69-63)73-28-21-42(22-29-73)50-11-9-10-12-58(50)78-5/h9-12,15-20,35-37,42-44,46,49,52-53H,7-8,13-14,21-34,38-41H2,1-6H3/t49-,52?,53?/m0/s1. The fraction of sp³-hybridized carbons (Fsp3) is 0.538. The van der Waals surface area contributed by atoms with Crippen molar-refractivity contribution >= 4 is 56.8 Å². The summed E-state index contributed by atoms with van der Waals surface area (Å²) in [6, 6.07) is 29.7. The maximum absolute atomic E-state index is 12.6. The SMILES string of the molecule is CCOC(=O)CN(CC(=O)OCC)C1CCN(c2ccc3nc(C4CC4)nc(N4CCC(c5ccc(C6CC6c6nc(N7CCC(c8ccccc8OC)CC7)c7cc(N8CC[C@H](N(C)C)C8)ccc7n6)cc5OC)CC4)c3c2)CC1. The number of likely N-dealkylation sites (N-methyl/N-ethyl adjacent to an activating group) is 1. The molecule has 0 amide bonds. The summed E-state index contributed by atoms with van der Waals surface area (Å²) in [4.78, 5) is 60.9. The molecule has 81 heavy (non-hydrogen) atoms. The van der Waals surface area contributed by atoms with Gasteiger partial charge in [-0.25, -0.2) is 19.9 Å². The van der Waals surface area contributed by atoms with E-state index in [1.165, 1.54) is 22.4 Å². The topological polar surface area (TPSA) is 142 Å². The van der Waals surface area contributed by atoms with Crippen LogP contribution in [0.25, 0.3) is 21.8 Å². The number of para-hydroxylation sites is 1. The average molecular weight is 1100 g/mol. The third-order valence-electron chi connectivity index (χ3n) is 18.6. The molecule has 0 N–H and O–H groups in total. The number of aromatic nitrogens is 4. The molecule has 6 aromatic rings. The van der Waals surface area contributed by atoms with Crippen LogP contribution in [-0.4, -0.2) is 161 Å². The first-order valence-corrected chi connectivity index (χ1v) is 30.2. The summed E-state index contributed by atoms with van der Waals surface area (Å²) in [7, 11) is 7.99. The molecule has 0 bridgehead atoms. The van der Waals surface area contributed by atoms with E-state index in [0.717, 1.165) is 179 Å². The molecule has 4 saturated heterocycles. The predicted molar refractivity (Wildman–Crippen MR) is 320 cm³/mol.